The van der Waals surface area contributed by atoms with Gasteiger partial charge in [-0.05, 0) is 74.2 Å². The van der Waals surface area contributed by atoms with Crippen LogP contribution in [0.2, 0.25) is 0 Å². The number of aromatic nitrogens is 2. The number of nitrogens with two attached hydrogens (primary N) is 1. The van der Waals surface area contributed by atoms with Crippen LogP contribution in [-0.2, 0) is 6.54 Å². The maximum atomic E-state index is 14.7. The molecule has 2 aliphatic rings. The molecule has 1 amide bonds. The summed E-state index contributed by atoms with van der Waals surface area (Å²) in [6.45, 7) is 2.55. The Kier molecular flexibility index (Phi) is 4.77. The second-order valence-corrected chi connectivity index (χ2v) is 8.40. The Morgan fingerprint density at radius 2 is 1.87 bits per heavy atom. The first-order chi connectivity index (χ1) is 14.5. The van der Waals surface area contributed by atoms with E-state index in [0.29, 0.717) is 17.5 Å². The molecule has 1 saturated carbocycles. The number of fused-ring (bicyclic) bond motifs is 1. The monoisotopic (exact) mass is 410 g/mol. The smallest absolute Gasteiger partial charge is 0.269 e. The van der Waals surface area contributed by atoms with Gasteiger partial charge < -0.3 is 5.73 Å². The van der Waals surface area contributed by atoms with E-state index in [2.05, 4.69) is 10.00 Å². The number of primary amides is 1. The van der Waals surface area contributed by atoms with Crippen LogP contribution in [0.4, 0.5) is 8.78 Å². The minimum Gasteiger partial charge on any atom is -0.364 e. The topological polar surface area (TPSA) is 64.2 Å². The predicted molar refractivity (Wildman–Crippen MR) is 111 cm³/mol. The van der Waals surface area contributed by atoms with Crippen molar-refractivity contribution in [1.29, 1.82) is 0 Å². The van der Waals surface area contributed by atoms with Gasteiger partial charge in [0.1, 0.15) is 0 Å². The first-order valence-corrected chi connectivity index (χ1v) is 10.5. The van der Waals surface area contributed by atoms with Gasteiger partial charge >= 0.3 is 0 Å². The first kappa shape index (κ1) is 19.2. The van der Waals surface area contributed by atoms with Crippen LogP contribution in [0.25, 0.3) is 22.0 Å². The van der Waals surface area contributed by atoms with Crippen LogP contribution in [-0.4, -0.2) is 33.7 Å². The van der Waals surface area contributed by atoms with Gasteiger partial charge in [-0.15, -0.1) is 0 Å². The summed E-state index contributed by atoms with van der Waals surface area (Å²) in [5.74, 6) is -2.36. The van der Waals surface area contributed by atoms with Crippen LogP contribution in [0.5, 0.6) is 0 Å². The molecule has 2 N–H and O–H groups in total. The number of carbonyl (C=O) groups excluding carboxylic acids is 1. The lowest BCUT2D eigenvalue weighted by Crippen LogP contribution is -2.29. The Balaban J connectivity index is 1.57. The van der Waals surface area contributed by atoms with E-state index in [4.69, 9.17) is 5.73 Å². The largest absolute Gasteiger partial charge is 0.364 e. The second-order valence-electron chi connectivity index (χ2n) is 8.40. The van der Waals surface area contributed by atoms with E-state index in [1.54, 1.807) is 18.2 Å². The van der Waals surface area contributed by atoms with Crippen molar-refractivity contribution in [2.45, 2.75) is 44.7 Å². The highest BCUT2D eigenvalue weighted by Gasteiger charge is 2.28. The lowest BCUT2D eigenvalue weighted by Gasteiger charge is -2.26. The first-order valence-electron chi connectivity index (χ1n) is 10.5. The van der Waals surface area contributed by atoms with Gasteiger partial charge in [0.2, 0.25) is 0 Å². The van der Waals surface area contributed by atoms with E-state index < -0.39 is 17.5 Å². The zero-order valence-electron chi connectivity index (χ0n) is 16.7. The Hall–Kier alpha value is -2.80. The molecule has 2 aromatic carbocycles. The van der Waals surface area contributed by atoms with Crippen molar-refractivity contribution in [3.63, 3.8) is 0 Å². The summed E-state index contributed by atoms with van der Waals surface area (Å²) in [5, 5.41) is 4.97. The van der Waals surface area contributed by atoms with Crippen molar-refractivity contribution < 1.29 is 13.6 Å². The molecule has 0 radical (unpaired) electrons. The van der Waals surface area contributed by atoms with E-state index in [1.807, 2.05) is 10.7 Å². The maximum absolute atomic E-state index is 14.7. The summed E-state index contributed by atoms with van der Waals surface area (Å²) < 4.78 is 31.0. The summed E-state index contributed by atoms with van der Waals surface area (Å²) in [5.41, 5.74) is 7.94. The highest BCUT2D eigenvalue weighted by molar-refractivity contribution is 6.05. The number of rotatable bonds is 5. The van der Waals surface area contributed by atoms with Gasteiger partial charge in [0.15, 0.2) is 17.3 Å². The normalized spacial score (nSPS) is 17.5. The molecule has 2 heterocycles. The van der Waals surface area contributed by atoms with Crippen LogP contribution in [0.15, 0.2) is 30.3 Å². The van der Waals surface area contributed by atoms with E-state index in [0.717, 1.165) is 49.9 Å². The quantitative estimate of drug-likeness (QED) is 0.678. The van der Waals surface area contributed by atoms with Crippen LogP contribution in [0, 0.1) is 11.6 Å². The fraction of sp³-hybridized carbons (Fsp3) is 0.391. The fourth-order valence-corrected chi connectivity index (χ4v) is 4.41. The Labute approximate surface area is 173 Å². The second kappa shape index (κ2) is 7.47. The Bertz CT molecular complexity index is 1130. The van der Waals surface area contributed by atoms with Crippen LogP contribution >= 0.6 is 0 Å². The molecule has 2 fully saturated rings. The summed E-state index contributed by atoms with van der Waals surface area (Å²) >= 11 is 0. The molecule has 1 aliphatic heterocycles. The minimum absolute atomic E-state index is 0.170. The predicted octanol–water partition coefficient (Wildman–Crippen LogP) is 4.40. The highest BCUT2D eigenvalue weighted by Crippen LogP contribution is 2.39. The summed E-state index contributed by atoms with van der Waals surface area (Å²) in [6, 6.07) is 8.54. The minimum atomic E-state index is -0.882. The molecule has 1 aliphatic carbocycles. The number of hydrogen-bond acceptors (Lipinski definition) is 3. The van der Waals surface area contributed by atoms with E-state index in [-0.39, 0.29) is 17.3 Å². The molecule has 5 rings (SSSR count). The molecule has 1 aromatic heterocycles. The number of carbonyl (C=O) groups is 1. The van der Waals surface area contributed by atoms with Crippen LogP contribution in [0.3, 0.4) is 0 Å². The van der Waals surface area contributed by atoms with E-state index in [1.165, 1.54) is 12.5 Å². The van der Waals surface area contributed by atoms with E-state index in [9.17, 15) is 13.6 Å². The molecule has 156 valence electrons. The molecule has 1 saturated heterocycles. The molecular formula is C23H24F2N4O. The van der Waals surface area contributed by atoms with Crippen molar-refractivity contribution in [1.82, 2.24) is 14.7 Å². The third-order valence-corrected chi connectivity index (χ3v) is 6.09. The van der Waals surface area contributed by atoms with Crippen LogP contribution in [0.1, 0.15) is 54.2 Å². The Morgan fingerprint density at radius 3 is 2.57 bits per heavy atom. The van der Waals surface area contributed by atoms with Gasteiger partial charge in [-0.3, -0.25) is 14.4 Å². The number of nitrogens with zero attached hydrogens (tertiary/aromatic N) is 3. The Morgan fingerprint density at radius 1 is 1.10 bits per heavy atom. The van der Waals surface area contributed by atoms with Crippen LogP contribution < -0.4 is 5.73 Å². The fourth-order valence-electron chi connectivity index (χ4n) is 4.41. The molecule has 0 bridgehead atoms. The zero-order chi connectivity index (χ0) is 20.8. The van der Waals surface area contributed by atoms with Gasteiger partial charge in [0.05, 0.1) is 11.6 Å². The van der Waals surface area contributed by atoms with Gasteiger partial charge in [-0.1, -0.05) is 12.5 Å². The zero-order valence-corrected chi connectivity index (χ0v) is 16.7. The summed E-state index contributed by atoms with van der Waals surface area (Å²) in [7, 11) is 0. The number of piperidine rings is 1. The van der Waals surface area contributed by atoms with Crippen molar-refractivity contribution in [2.24, 2.45) is 5.73 Å². The number of halogens is 2. The molecule has 30 heavy (non-hydrogen) atoms. The number of benzene rings is 2. The number of hydrogen-bond donors (Lipinski definition) is 1. The number of likely N-dealkylation sites (tertiary alicyclic amines) is 1. The summed E-state index contributed by atoms with van der Waals surface area (Å²) in [6.07, 6.45) is 5.50. The number of amides is 1. The van der Waals surface area contributed by atoms with Gasteiger partial charge in [-0.25, -0.2) is 8.78 Å². The molecule has 0 spiro atoms. The molecule has 7 heteroatoms. The van der Waals surface area contributed by atoms with Gasteiger partial charge in [0.25, 0.3) is 5.91 Å². The van der Waals surface area contributed by atoms with Gasteiger partial charge in [-0.2, -0.15) is 5.10 Å². The molecular weight excluding hydrogens is 386 g/mol. The highest BCUT2D eigenvalue weighted by atomic mass is 19.2. The molecule has 0 unspecified atom stereocenters. The maximum Gasteiger partial charge on any atom is 0.269 e. The third kappa shape index (κ3) is 3.47. The average molecular weight is 410 g/mol. The summed E-state index contributed by atoms with van der Waals surface area (Å²) in [4.78, 5) is 14.2. The molecule has 0 atom stereocenters. The standard InChI is InChI=1S/C23H24F2N4O/c24-19-11-14(13-28-8-2-1-3-9-28)10-17(21(19)25)15-4-7-20-18(12-15)22(23(26)30)27-29(20)16-5-6-16/h4,7,10-12,16H,1-3,5-6,8-9,13H2,(H2,26,30). The lowest BCUT2D eigenvalue weighted by atomic mass is 9.99. The average Bonchev–Trinajstić information content (AvgIpc) is 3.51. The van der Waals surface area contributed by atoms with Crippen molar-refractivity contribution in [3.8, 4) is 11.1 Å². The third-order valence-electron chi connectivity index (χ3n) is 6.09. The van der Waals surface area contributed by atoms with Crippen molar-refractivity contribution >= 4 is 16.8 Å². The van der Waals surface area contributed by atoms with Crippen molar-refractivity contribution in [3.05, 3.63) is 53.2 Å². The SMILES string of the molecule is NC(=O)c1nn(C2CC2)c2ccc(-c3cc(CN4CCCCC4)cc(F)c3F)cc12. The van der Waals surface area contributed by atoms with Crippen molar-refractivity contribution in [2.75, 3.05) is 13.1 Å². The lowest BCUT2D eigenvalue weighted by molar-refractivity contribution is 0.0996. The van der Waals surface area contributed by atoms with Gasteiger partial charge in [0, 0.05) is 17.5 Å². The molecule has 5 nitrogen and oxygen atoms in total. The van der Waals surface area contributed by atoms with E-state index >= 15 is 0 Å². The molecule has 3 aromatic rings.